The van der Waals surface area contributed by atoms with Gasteiger partial charge in [0.15, 0.2) is 0 Å². The zero-order valence-electron chi connectivity index (χ0n) is 24.8. The van der Waals surface area contributed by atoms with Gasteiger partial charge >= 0.3 is 12.1 Å². The average Bonchev–Trinajstić information content (AvgIpc) is 3.03. The summed E-state index contributed by atoms with van der Waals surface area (Å²) in [6, 6.07) is 14.5. The van der Waals surface area contributed by atoms with E-state index in [-0.39, 0.29) is 4.90 Å². The summed E-state index contributed by atoms with van der Waals surface area (Å²) in [5, 5.41) is 15.8. The first-order valence-electron chi connectivity index (χ1n) is 15.2. The van der Waals surface area contributed by atoms with Crippen molar-refractivity contribution >= 4 is 50.3 Å². The average molecular weight is 670 g/mol. The summed E-state index contributed by atoms with van der Waals surface area (Å²) in [6.07, 6.45) is 5.66. The Morgan fingerprint density at radius 3 is 2.00 bits per heavy atom. The molecule has 0 radical (unpaired) electrons. The minimum Gasteiger partial charge on any atom is -0.475 e. The van der Waals surface area contributed by atoms with Gasteiger partial charge < -0.3 is 15.7 Å². The Hall–Kier alpha value is -3.16. The van der Waals surface area contributed by atoms with E-state index < -0.39 is 22.2 Å². The third-order valence-electron chi connectivity index (χ3n) is 8.33. The highest BCUT2D eigenvalue weighted by molar-refractivity contribution is 7.89. The molecule has 2 aliphatic rings. The van der Waals surface area contributed by atoms with Gasteiger partial charge in [-0.2, -0.15) is 18.2 Å². The number of carbonyl (C=O) groups is 1. The van der Waals surface area contributed by atoms with E-state index in [2.05, 4.69) is 21.4 Å². The summed E-state index contributed by atoms with van der Waals surface area (Å²) in [7, 11) is -3.51. The molecule has 0 amide bonds. The number of alkyl halides is 3. The first-order valence-corrected chi connectivity index (χ1v) is 17.1. The van der Waals surface area contributed by atoms with Crippen LogP contribution in [0.25, 0.3) is 10.9 Å². The van der Waals surface area contributed by atoms with Crippen molar-refractivity contribution in [3.8, 4) is 0 Å². The van der Waals surface area contributed by atoms with E-state index in [1.54, 1.807) is 24.3 Å². The second-order valence-electron chi connectivity index (χ2n) is 11.7. The van der Waals surface area contributed by atoms with Crippen molar-refractivity contribution in [1.29, 1.82) is 0 Å². The predicted octanol–water partition coefficient (Wildman–Crippen LogP) is 7.11. The van der Waals surface area contributed by atoms with Crippen molar-refractivity contribution in [2.45, 2.75) is 68.9 Å². The van der Waals surface area contributed by atoms with Crippen molar-refractivity contribution in [2.75, 3.05) is 30.3 Å². The van der Waals surface area contributed by atoms with E-state index in [1.165, 1.54) is 32.1 Å². The molecule has 246 valence electrons. The third kappa shape index (κ3) is 10.7. The number of aromatic nitrogens is 2. The number of fused-ring (bicyclic) bond motifs is 1. The Balaban J connectivity index is 0.000000591. The van der Waals surface area contributed by atoms with Crippen LogP contribution in [0.4, 0.5) is 24.9 Å². The molecule has 2 aliphatic carbocycles. The topological polar surface area (TPSA) is 133 Å². The van der Waals surface area contributed by atoms with E-state index in [0.29, 0.717) is 29.4 Å². The number of nitrogens with zero attached hydrogens (tertiary/aromatic N) is 2. The lowest BCUT2D eigenvalue weighted by atomic mass is 9.82. The Labute approximate surface area is 266 Å². The molecule has 2 fully saturated rings. The van der Waals surface area contributed by atoms with Crippen molar-refractivity contribution in [3.63, 3.8) is 0 Å². The summed E-state index contributed by atoms with van der Waals surface area (Å²) in [5.74, 6) is 0.425. The molecule has 3 aromatic rings. The van der Waals surface area contributed by atoms with Gasteiger partial charge in [0.25, 0.3) is 0 Å². The maximum atomic E-state index is 12.6. The molecule has 0 bridgehead atoms. The van der Waals surface area contributed by atoms with Gasteiger partial charge in [0.2, 0.25) is 16.0 Å². The zero-order valence-corrected chi connectivity index (χ0v) is 26.4. The molecule has 1 heterocycles. The summed E-state index contributed by atoms with van der Waals surface area (Å²) < 4.78 is 59.7. The normalized spacial score (nSPS) is 19.4. The molecule has 14 heteroatoms. The monoisotopic (exact) mass is 669 g/mol. The molecule has 0 unspecified atom stereocenters. The van der Waals surface area contributed by atoms with E-state index in [4.69, 9.17) is 31.5 Å². The smallest absolute Gasteiger partial charge is 0.475 e. The zero-order chi connectivity index (χ0) is 32.5. The summed E-state index contributed by atoms with van der Waals surface area (Å²) in [6.45, 7) is 2.25. The van der Waals surface area contributed by atoms with E-state index in [0.717, 1.165) is 61.4 Å². The number of anilines is 2. The highest BCUT2D eigenvalue weighted by Crippen LogP contribution is 2.30. The Kier molecular flexibility index (Phi) is 12.3. The molecule has 45 heavy (non-hydrogen) atoms. The molecule has 0 atom stereocenters. The first-order chi connectivity index (χ1) is 21.4. The van der Waals surface area contributed by atoms with Crippen molar-refractivity contribution in [3.05, 3.63) is 53.6 Å². The lowest BCUT2D eigenvalue weighted by Crippen LogP contribution is -2.32. The van der Waals surface area contributed by atoms with Crippen molar-refractivity contribution in [2.24, 2.45) is 17.8 Å². The minimum absolute atomic E-state index is 0.253. The van der Waals surface area contributed by atoms with Crippen LogP contribution < -0.4 is 15.4 Å². The molecule has 9 nitrogen and oxygen atoms in total. The number of hydrogen-bond donors (Lipinski definition) is 4. The highest BCUT2D eigenvalue weighted by atomic mass is 35.5. The fourth-order valence-electron chi connectivity index (χ4n) is 5.72. The fraction of sp³-hybridized carbons (Fsp3) is 0.516. The number of rotatable bonds is 10. The van der Waals surface area contributed by atoms with E-state index in [9.17, 15) is 21.6 Å². The van der Waals surface area contributed by atoms with Crippen LogP contribution in [0.2, 0.25) is 5.02 Å². The van der Waals surface area contributed by atoms with Crippen LogP contribution in [0, 0.1) is 17.8 Å². The van der Waals surface area contributed by atoms with E-state index in [1.807, 2.05) is 18.2 Å². The molecule has 2 aromatic carbocycles. The van der Waals surface area contributed by atoms with Gasteiger partial charge in [0, 0.05) is 30.0 Å². The number of nitrogens with one attached hydrogen (secondary N) is 3. The minimum atomic E-state index is -5.08. The Morgan fingerprint density at radius 2 is 1.38 bits per heavy atom. The lowest BCUT2D eigenvalue weighted by molar-refractivity contribution is -0.192. The summed E-state index contributed by atoms with van der Waals surface area (Å²) in [5.41, 5.74) is 0.952. The third-order valence-corrected chi connectivity index (χ3v) is 10.0. The molecule has 0 aliphatic heterocycles. The van der Waals surface area contributed by atoms with Crippen LogP contribution in [-0.2, 0) is 14.8 Å². The van der Waals surface area contributed by atoms with Gasteiger partial charge in [-0.15, -0.1) is 0 Å². The Morgan fingerprint density at radius 1 is 0.822 bits per heavy atom. The summed E-state index contributed by atoms with van der Waals surface area (Å²) in [4.78, 5) is 18.8. The van der Waals surface area contributed by atoms with Crippen LogP contribution in [0.5, 0.6) is 0 Å². The number of benzene rings is 2. The largest absolute Gasteiger partial charge is 0.490 e. The number of carboxylic acids is 1. The first kappa shape index (κ1) is 34.7. The van der Waals surface area contributed by atoms with Gasteiger partial charge in [-0.3, -0.25) is 0 Å². The van der Waals surface area contributed by atoms with Gasteiger partial charge in [-0.05, 0) is 92.7 Å². The Bertz CT molecular complexity index is 1510. The van der Waals surface area contributed by atoms with Crippen LogP contribution in [0.1, 0.15) is 57.8 Å². The van der Waals surface area contributed by atoms with Crippen LogP contribution in [0.15, 0.2) is 53.4 Å². The molecular weight excluding hydrogens is 631 g/mol. The van der Waals surface area contributed by atoms with Crippen molar-refractivity contribution < 1.29 is 31.5 Å². The van der Waals surface area contributed by atoms with Gasteiger partial charge in [0.05, 0.1) is 10.4 Å². The molecule has 0 saturated heterocycles. The number of halogens is 4. The quantitative estimate of drug-likeness (QED) is 0.180. The lowest BCUT2D eigenvalue weighted by Gasteiger charge is -2.28. The number of aliphatic carboxylic acids is 1. The molecule has 1 aromatic heterocycles. The maximum Gasteiger partial charge on any atom is 0.490 e. The number of hydrogen-bond acceptors (Lipinski definition) is 7. The van der Waals surface area contributed by atoms with Crippen LogP contribution in [0.3, 0.4) is 0 Å². The molecule has 2 saturated carbocycles. The van der Waals surface area contributed by atoms with Crippen LogP contribution >= 0.6 is 11.6 Å². The van der Waals surface area contributed by atoms with Crippen molar-refractivity contribution in [1.82, 2.24) is 14.7 Å². The molecule has 5 rings (SSSR count). The molecule has 0 spiro atoms. The predicted molar refractivity (Wildman–Crippen MR) is 169 cm³/mol. The van der Waals surface area contributed by atoms with Crippen LogP contribution in [-0.4, -0.2) is 55.3 Å². The number of carboxylic acid groups (broad SMARTS) is 1. The number of sulfonamides is 1. The van der Waals surface area contributed by atoms with Gasteiger partial charge in [-0.1, -0.05) is 43.0 Å². The molecular formula is C31H39ClF3N5O4S. The second kappa shape index (κ2) is 15.9. The maximum absolute atomic E-state index is 12.6. The second-order valence-corrected chi connectivity index (χ2v) is 13.9. The van der Waals surface area contributed by atoms with Gasteiger partial charge in [-0.25, -0.2) is 22.9 Å². The number of para-hydroxylation sites is 1. The van der Waals surface area contributed by atoms with Gasteiger partial charge in [0.1, 0.15) is 5.82 Å². The highest BCUT2D eigenvalue weighted by Gasteiger charge is 2.38. The standard InChI is InChI=1S/C29H38ClN5O2S.C2HF3O2/c30-24-14-16-25(17-15-24)38(36,37)33-20-23-12-10-22(11-13-23)19-32-29-34-27-9-5-4-8-26(27)28(35-29)31-18-21-6-2-1-3-7-21;3-2(4,5)1(6)7/h4-5,8-9,14-17,21-23,33H,1-3,6-7,10-13,18-20H2,(H2,31,32,34,35);(H,6,7). The fourth-order valence-corrected chi connectivity index (χ4v) is 6.96. The SMILES string of the molecule is O=C(O)C(F)(F)F.O=S(=O)(NCC1CCC(CNc2nc(NCC3CCCCC3)c3ccccc3n2)CC1)c1ccc(Cl)cc1. The van der Waals surface area contributed by atoms with E-state index >= 15 is 0 Å². The summed E-state index contributed by atoms with van der Waals surface area (Å²) >= 11 is 5.88. The molecule has 4 N–H and O–H groups in total.